The van der Waals surface area contributed by atoms with Crippen LogP contribution >= 0.6 is 27.7 Å². The van der Waals surface area contributed by atoms with Gasteiger partial charge in [-0.2, -0.15) is 0 Å². The third-order valence-electron chi connectivity index (χ3n) is 3.11. The molecule has 0 saturated carbocycles. The van der Waals surface area contributed by atoms with Gasteiger partial charge >= 0.3 is 0 Å². The predicted molar refractivity (Wildman–Crippen MR) is 89.4 cm³/mol. The summed E-state index contributed by atoms with van der Waals surface area (Å²) < 4.78 is 1.07. The van der Waals surface area contributed by atoms with Gasteiger partial charge in [-0.05, 0) is 46.9 Å². The molecular weight excluding hydrogens is 336 g/mol. The lowest BCUT2D eigenvalue weighted by atomic mass is 10.1. The fraction of sp³-hybridized carbons (Fsp3) is 0.533. The third kappa shape index (κ3) is 3.57. The highest BCUT2D eigenvalue weighted by Crippen LogP contribution is 2.39. The van der Waals surface area contributed by atoms with Gasteiger partial charge in [0, 0.05) is 26.4 Å². The molecule has 0 aliphatic carbocycles. The maximum atomic E-state index is 12.0. The van der Waals surface area contributed by atoms with Crippen LogP contribution in [0.2, 0.25) is 0 Å². The average molecular weight is 357 g/mol. The van der Waals surface area contributed by atoms with Crippen LogP contribution in [-0.2, 0) is 4.79 Å². The molecule has 110 valence electrons. The van der Waals surface area contributed by atoms with Gasteiger partial charge in [0.15, 0.2) is 0 Å². The lowest BCUT2D eigenvalue weighted by Gasteiger charge is -2.12. The molecule has 5 heteroatoms. The van der Waals surface area contributed by atoms with Crippen LogP contribution in [0.5, 0.6) is 0 Å². The van der Waals surface area contributed by atoms with E-state index in [4.69, 9.17) is 0 Å². The number of hydrogen-bond donors (Lipinski definition) is 2. The standard InChI is InChI=1S/C15H21BrN2OS/c1-4-5-17-14-10-6-11(16)13(20-8-9(2)3)7-12(10)18-15(14)19/h6-7,9,14,17H,4-5,8H2,1-3H3,(H,18,19). The Morgan fingerprint density at radius 3 is 2.85 bits per heavy atom. The summed E-state index contributed by atoms with van der Waals surface area (Å²) in [5.41, 5.74) is 1.99. The Bertz CT molecular complexity index is 505. The predicted octanol–water partition coefficient (Wildman–Crippen LogP) is 4.19. The van der Waals surface area contributed by atoms with E-state index in [1.54, 1.807) is 0 Å². The Morgan fingerprint density at radius 2 is 2.20 bits per heavy atom. The molecule has 20 heavy (non-hydrogen) atoms. The monoisotopic (exact) mass is 356 g/mol. The number of carbonyl (C=O) groups is 1. The number of rotatable bonds is 6. The number of fused-ring (bicyclic) bond motifs is 1. The van der Waals surface area contributed by atoms with Crippen LogP contribution in [0.25, 0.3) is 0 Å². The van der Waals surface area contributed by atoms with Crippen molar-refractivity contribution in [1.82, 2.24) is 5.32 Å². The molecule has 1 aliphatic heterocycles. The maximum Gasteiger partial charge on any atom is 0.246 e. The largest absolute Gasteiger partial charge is 0.324 e. The Morgan fingerprint density at radius 1 is 1.45 bits per heavy atom. The van der Waals surface area contributed by atoms with E-state index in [0.717, 1.165) is 34.4 Å². The summed E-state index contributed by atoms with van der Waals surface area (Å²) in [5, 5.41) is 6.27. The van der Waals surface area contributed by atoms with Crippen molar-refractivity contribution in [3.63, 3.8) is 0 Å². The van der Waals surface area contributed by atoms with Gasteiger partial charge in [0.2, 0.25) is 5.91 Å². The molecule has 0 fully saturated rings. The summed E-state index contributed by atoms with van der Waals surface area (Å²) in [6.45, 7) is 7.36. The number of halogens is 1. The first-order chi connectivity index (χ1) is 9.52. The van der Waals surface area contributed by atoms with Crippen LogP contribution in [0.15, 0.2) is 21.5 Å². The van der Waals surface area contributed by atoms with E-state index < -0.39 is 0 Å². The van der Waals surface area contributed by atoms with Crippen LogP contribution in [0.1, 0.15) is 38.8 Å². The average Bonchev–Trinajstić information content (AvgIpc) is 2.68. The van der Waals surface area contributed by atoms with Crippen molar-refractivity contribution in [2.24, 2.45) is 5.92 Å². The second-order valence-corrected chi connectivity index (χ2v) is 7.37. The van der Waals surface area contributed by atoms with Gasteiger partial charge in [0.1, 0.15) is 6.04 Å². The molecule has 2 N–H and O–H groups in total. The quantitative estimate of drug-likeness (QED) is 0.750. The van der Waals surface area contributed by atoms with E-state index in [9.17, 15) is 4.79 Å². The summed E-state index contributed by atoms with van der Waals surface area (Å²) in [6, 6.07) is 3.94. The molecule has 0 spiro atoms. The second-order valence-electron chi connectivity index (χ2n) is 5.45. The SMILES string of the molecule is CCCNC1C(=O)Nc2cc(SCC(C)C)c(Br)cc21. The molecule has 2 rings (SSSR count). The van der Waals surface area contributed by atoms with Gasteiger partial charge in [-0.15, -0.1) is 11.8 Å². The van der Waals surface area contributed by atoms with Crippen molar-refractivity contribution < 1.29 is 4.79 Å². The van der Waals surface area contributed by atoms with E-state index in [1.165, 1.54) is 4.90 Å². The molecule has 0 aromatic heterocycles. The number of amides is 1. The summed E-state index contributed by atoms with van der Waals surface area (Å²) in [5.74, 6) is 1.77. The molecular formula is C15H21BrN2OS. The normalized spacial score (nSPS) is 17.4. The van der Waals surface area contributed by atoms with Gasteiger partial charge in [0.25, 0.3) is 0 Å². The van der Waals surface area contributed by atoms with Crippen molar-refractivity contribution in [2.75, 3.05) is 17.6 Å². The van der Waals surface area contributed by atoms with Crippen LogP contribution in [0.3, 0.4) is 0 Å². The van der Waals surface area contributed by atoms with E-state index in [2.05, 4.69) is 59.5 Å². The Kier molecular flexibility index (Phi) is 5.52. The van der Waals surface area contributed by atoms with Crippen molar-refractivity contribution in [1.29, 1.82) is 0 Å². The summed E-state index contributed by atoms with van der Waals surface area (Å²) in [7, 11) is 0. The fourth-order valence-electron chi connectivity index (χ4n) is 2.12. The number of thioether (sulfide) groups is 1. The minimum atomic E-state index is -0.217. The molecule has 3 nitrogen and oxygen atoms in total. The van der Waals surface area contributed by atoms with Crippen LogP contribution in [0, 0.1) is 5.92 Å². The minimum absolute atomic E-state index is 0.0476. The zero-order valence-electron chi connectivity index (χ0n) is 12.1. The Balaban J connectivity index is 2.21. The summed E-state index contributed by atoms with van der Waals surface area (Å²) in [6.07, 6.45) is 1.02. The van der Waals surface area contributed by atoms with Gasteiger partial charge in [-0.25, -0.2) is 0 Å². The number of carbonyl (C=O) groups excluding carboxylic acids is 1. The number of hydrogen-bond acceptors (Lipinski definition) is 3. The van der Waals surface area contributed by atoms with Gasteiger partial charge in [-0.1, -0.05) is 20.8 Å². The molecule has 0 saturated heterocycles. The molecule has 1 heterocycles. The summed E-state index contributed by atoms with van der Waals surface area (Å²) in [4.78, 5) is 13.2. The van der Waals surface area contributed by atoms with E-state index in [0.29, 0.717) is 5.92 Å². The first kappa shape index (κ1) is 15.9. The first-order valence-electron chi connectivity index (χ1n) is 7.03. The molecule has 1 aromatic carbocycles. The van der Waals surface area contributed by atoms with E-state index >= 15 is 0 Å². The molecule has 0 bridgehead atoms. The van der Waals surface area contributed by atoms with Crippen molar-refractivity contribution in [3.05, 3.63) is 22.2 Å². The zero-order valence-corrected chi connectivity index (χ0v) is 14.5. The summed E-state index contributed by atoms with van der Waals surface area (Å²) >= 11 is 5.45. The van der Waals surface area contributed by atoms with Gasteiger partial charge < -0.3 is 10.6 Å². The molecule has 1 atom stereocenters. The Hall–Kier alpha value is -0.520. The molecule has 1 amide bonds. The van der Waals surface area contributed by atoms with Crippen molar-refractivity contribution in [2.45, 2.75) is 38.1 Å². The number of nitrogens with one attached hydrogen (secondary N) is 2. The highest BCUT2D eigenvalue weighted by atomic mass is 79.9. The molecule has 1 aromatic rings. The maximum absolute atomic E-state index is 12.0. The lowest BCUT2D eigenvalue weighted by Crippen LogP contribution is -2.28. The smallest absolute Gasteiger partial charge is 0.246 e. The fourth-order valence-corrected chi connectivity index (χ4v) is 3.74. The van der Waals surface area contributed by atoms with Gasteiger partial charge in [0.05, 0.1) is 0 Å². The zero-order chi connectivity index (χ0) is 14.7. The molecule has 1 unspecified atom stereocenters. The minimum Gasteiger partial charge on any atom is -0.324 e. The van der Waals surface area contributed by atoms with E-state index in [1.807, 2.05) is 11.8 Å². The molecule has 1 aliphatic rings. The van der Waals surface area contributed by atoms with Crippen molar-refractivity contribution in [3.8, 4) is 0 Å². The number of anilines is 1. The Labute approximate surface area is 133 Å². The van der Waals surface area contributed by atoms with E-state index in [-0.39, 0.29) is 11.9 Å². The first-order valence-corrected chi connectivity index (χ1v) is 8.81. The van der Waals surface area contributed by atoms with Crippen LogP contribution < -0.4 is 10.6 Å². The number of benzene rings is 1. The van der Waals surface area contributed by atoms with Crippen molar-refractivity contribution >= 4 is 39.3 Å². The third-order valence-corrected chi connectivity index (χ3v) is 5.51. The highest BCUT2D eigenvalue weighted by molar-refractivity contribution is 9.10. The highest BCUT2D eigenvalue weighted by Gasteiger charge is 2.30. The lowest BCUT2D eigenvalue weighted by molar-refractivity contribution is -0.117. The van der Waals surface area contributed by atoms with Crippen LogP contribution in [0.4, 0.5) is 5.69 Å². The topological polar surface area (TPSA) is 41.1 Å². The van der Waals surface area contributed by atoms with Crippen LogP contribution in [-0.4, -0.2) is 18.2 Å². The van der Waals surface area contributed by atoms with Gasteiger partial charge in [-0.3, -0.25) is 4.79 Å². The molecule has 0 radical (unpaired) electrons. The second kappa shape index (κ2) is 6.96.